The summed E-state index contributed by atoms with van der Waals surface area (Å²) in [6.45, 7) is 12.2. The summed E-state index contributed by atoms with van der Waals surface area (Å²) in [6, 6.07) is 6.27. The molecule has 0 fully saturated rings. The second-order valence-corrected chi connectivity index (χ2v) is 3.22. The summed E-state index contributed by atoms with van der Waals surface area (Å²) >= 11 is 0. The molecule has 13 heavy (non-hydrogen) atoms. The van der Waals surface area contributed by atoms with Crippen molar-refractivity contribution in [3.8, 4) is 0 Å². The minimum Gasteiger partial charge on any atom is -0.0985 e. The van der Waals surface area contributed by atoms with E-state index in [0.29, 0.717) is 0 Å². The molecule has 0 saturated carbocycles. The Morgan fingerprint density at radius 2 is 1.54 bits per heavy atom. The summed E-state index contributed by atoms with van der Waals surface area (Å²) < 4.78 is 0. The number of hydrogen-bond donors (Lipinski definition) is 0. The summed E-state index contributed by atoms with van der Waals surface area (Å²) in [5.41, 5.74) is 3.87. The van der Waals surface area contributed by atoms with E-state index < -0.39 is 0 Å². The van der Waals surface area contributed by atoms with Crippen molar-refractivity contribution in [1.29, 1.82) is 0 Å². The minimum atomic E-state index is 1.25. The molecule has 0 aliphatic heterocycles. The smallest absolute Gasteiger partial charge is 0.0204 e. The van der Waals surface area contributed by atoms with Crippen LogP contribution in [0.25, 0.3) is 6.08 Å². The van der Waals surface area contributed by atoms with Gasteiger partial charge in [0.25, 0.3) is 0 Å². The van der Waals surface area contributed by atoms with Crippen molar-refractivity contribution in [2.24, 2.45) is 0 Å². The van der Waals surface area contributed by atoms with E-state index in [1.807, 2.05) is 6.08 Å². The van der Waals surface area contributed by atoms with E-state index in [4.69, 9.17) is 0 Å². The van der Waals surface area contributed by atoms with E-state index in [-0.39, 0.29) is 0 Å². The van der Waals surface area contributed by atoms with E-state index in [2.05, 4.69) is 52.5 Å². The molecule has 0 saturated heterocycles. The average molecular weight is 176 g/mol. The molecule has 0 radical (unpaired) electrons. The van der Waals surface area contributed by atoms with Gasteiger partial charge in [0.15, 0.2) is 0 Å². The Morgan fingerprint density at radius 1 is 1.15 bits per heavy atom. The lowest BCUT2D eigenvalue weighted by atomic mass is 10.0. The lowest BCUT2D eigenvalue weighted by Crippen LogP contribution is -1.83. The number of hydrogen-bond acceptors (Lipinski definition) is 0. The molecular formula is C13H20. The van der Waals surface area contributed by atoms with Crippen LogP contribution in [0.4, 0.5) is 0 Å². The first-order chi connectivity index (χ1) is 6.17. The van der Waals surface area contributed by atoms with Gasteiger partial charge < -0.3 is 0 Å². The van der Waals surface area contributed by atoms with E-state index >= 15 is 0 Å². The first kappa shape index (κ1) is 12.0. The SMILES string of the molecule is C=Cc1c(C)cccc1C.CCC. The predicted molar refractivity (Wildman–Crippen MR) is 62.0 cm³/mol. The highest BCUT2D eigenvalue weighted by molar-refractivity contribution is 5.55. The van der Waals surface area contributed by atoms with Crippen molar-refractivity contribution < 1.29 is 0 Å². The van der Waals surface area contributed by atoms with Gasteiger partial charge in [0.2, 0.25) is 0 Å². The van der Waals surface area contributed by atoms with Crippen LogP contribution < -0.4 is 0 Å². The highest BCUT2D eigenvalue weighted by atomic mass is 14.0. The van der Waals surface area contributed by atoms with Gasteiger partial charge in [0.05, 0.1) is 0 Å². The topological polar surface area (TPSA) is 0 Å². The van der Waals surface area contributed by atoms with Gasteiger partial charge in [0, 0.05) is 0 Å². The molecule has 0 heteroatoms. The third-order valence-corrected chi connectivity index (χ3v) is 1.75. The first-order valence-corrected chi connectivity index (χ1v) is 4.86. The van der Waals surface area contributed by atoms with Crippen LogP contribution in [-0.2, 0) is 0 Å². The van der Waals surface area contributed by atoms with Gasteiger partial charge in [0.1, 0.15) is 0 Å². The van der Waals surface area contributed by atoms with Gasteiger partial charge in [-0.25, -0.2) is 0 Å². The number of rotatable bonds is 1. The molecule has 0 aromatic heterocycles. The van der Waals surface area contributed by atoms with Crippen LogP contribution in [0, 0.1) is 13.8 Å². The van der Waals surface area contributed by atoms with Gasteiger partial charge in [-0.1, -0.05) is 51.1 Å². The van der Waals surface area contributed by atoms with E-state index in [1.54, 1.807) is 0 Å². The summed E-state index contributed by atoms with van der Waals surface area (Å²) in [5.74, 6) is 0. The fourth-order valence-corrected chi connectivity index (χ4v) is 1.15. The molecule has 0 unspecified atom stereocenters. The van der Waals surface area contributed by atoms with Crippen LogP contribution in [0.2, 0.25) is 0 Å². The molecule has 0 spiro atoms. The lowest BCUT2D eigenvalue weighted by molar-refractivity contribution is 1.09. The standard InChI is InChI=1S/C10H12.C3H8/c1-4-10-8(2)6-5-7-9(10)3;1-3-2/h4-7H,1H2,2-3H3;3H2,1-2H3. The molecular weight excluding hydrogens is 156 g/mol. The zero-order valence-corrected chi connectivity index (χ0v) is 9.22. The quantitative estimate of drug-likeness (QED) is 0.596. The Balaban J connectivity index is 0.000000424. The van der Waals surface area contributed by atoms with Crippen molar-refractivity contribution in [3.63, 3.8) is 0 Å². The van der Waals surface area contributed by atoms with Crippen LogP contribution in [0.3, 0.4) is 0 Å². The highest BCUT2D eigenvalue weighted by Crippen LogP contribution is 2.13. The maximum atomic E-state index is 3.75. The van der Waals surface area contributed by atoms with E-state index in [9.17, 15) is 0 Å². The Hall–Kier alpha value is -1.04. The zero-order chi connectivity index (χ0) is 10.3. The monoisotopic (exact) mass is 176 g/mol. The third kappa shape index (κ3) is 3.93. The molecule has 0 aliphatic carbocycles. The average Bonchev–Trinajstić information content (AvgIpc) is 2.06. The summed E-state index contributed by atoms with van der Waals surface area (Å²) in [5, 5.41) is 0. The third-order valence-electron chi connectivity index (χ3n) is 1.75. The van der Waals surface area contributed by atoms with E-state index in [1.165, 1.54) is 23.1 Å². The van der Waals surface area contributed by atoms with Crippen molar-refractivity contribution >= 4 is 6.08 Å². The second kappa shape index (κ2) is 6.47. The van der Waals surface area contributed by atoms with Crippen LogP contribution in [0.5, 0.6) is 0 Å². The molecule has 0 N–H and O–H groups in total. The molecule has 0 bridgehead atoms. The molecule has 0 nitrogen and oxygen atoms in total. The van der Waals surface area contributed by atoms with Crippen LogP contribution >= 0.6 is 0 Å². The Bertz CT molecular complexity index is 238. The molecule has 0 amide bonds. The minimum absolute atomic E-state index is 1.25. The van der Waals surface area contributed by atoms with Crippen molar-refractivity contribution in [2.45, 2.75) is 34.1 Å². The normalized spacial score (nSPS) is 8.62. The molecule has 1 aromatic rings. The molecule has 1 rings (SSSR count). The zero-order valence-electron chi connectivity index (χ0n) is 9.22. The van der Waals surface area contributed by atoms with Gasteiger partial charge in [-0.3, -0.25) is 0 Å². The fourth-order valence-electron chi connectivity index (χ4n) is 1.15. The summed E-state index contributed by atoms with van der Waals surface area (Å²) in [6.07, 6.45) is 3.16. The molecule has 0 heterocycles. The molecule has 0 atom stereocenters. The van der Waals surface area contributed by atoms with Gasteiger partial charge in [-0.2, -0.15) is 0 Å². The van der Waals surface area contributed by atoms with Gasteiger partial charge in [-0.15, -0.1) is 0 Å². The van der Waals surface area contributed by atoms with E-state index in [0.717, 1.165) is 0 Å². The lowest BCUT2D eigenvalue weighted by Gasteiger charge is -2.02. The van der Waals surface area contributed by atoms with Crippen LogP contribution in [0.1, 0.15) is 37.0 Å². The van der Waals surface area contributed by atoms with Crippen molar-refractivity contribution in [1.82, 2.24) is 0 Å². The number of benzene rings is 1. The largest absolute Gasteiger partial charge is 0.0985 e. The molecule has 0 aliphatic rings. The predicted octanol–water partition coefficient (Wildman–Crippen LogP) is 4.36. The van der Waals surface area contributed by atoms with Crippen molar-refractivity contribution in [3.05, 3.63) is 41.5 Å². The Kier molecular flexibility index (Phi) is 5.96. The Morgan fingerprint density at radius 3 is 1.77 bits per heavy atom. The van der Waals surface area contributed by atoms with Gasteiger partial charge in [-0.05, 0) is 30.5 Å². The second-order valence-electron chi connectivity index (χ2n) is 3.22. The maximum Gasteiger partial charge on any atom is -0.0204 e. The highest BCUT2D eigenvalue weighted by Gasteiger charge is 1.94. The maximum absolute atomic E-state index is 3.75. The van der Waals surface area contributed by atoms with Crippen LogP contribution in [0.15, 0.2) is 24.8 Å². The molecule has 1 aromatic carbocycles. The number of aryl methyl sites for hydroxylation is 2. The van der Waals surface area contributed by atoms with Gasteiger partial charge >= 0.3 is 0 Å². The first-order valence-electron chi connectivity index (χ1n) is 4.86. The molecule has 72 valence electrons. The van der Waals surface area contributed by atoms with Crippen molar-refractivity contribution in [2.75, 3.05) is 0 Å². The fraction of sp³-hybridized carbons (Fsp3) is 0.385. The Labute approximate surface area is 82.3 Å². The summed E-state index contributed by atoms with van der Waals surface area (Å²) in [7, 11) is 0. The summed E-state index contributed by atoms with van der Waals surface area (Å²) in [4.78, 5) is 0. The van der Waals surface area contributed by atoms with Crippen LogP contribution in [-0.4, -0.2) is 0 Å².